The Morgan fingerprint density at radius 3 is 2.35 bits per heavy atom. The van der Waals surface area contributed by atoms with E-state index in [-0.39, 0.29) is 36.6 Å². The van der Waals surface area contributed by atoms with Crippen molar-refractivity contribution in [2.75, 3.05) is 20.2 Å². The molecule has 0 saturated carbocycles. The van der Waals surface area contributed by atoms with E-state index in [1.807, 2.05) is 48.5 Å². The fraction of sp³-hybridized carbons (Fsp3) is 0.375. The molecule has 0 N–H and O–H groups in total. The van der Waals surface area contributed by atoms with Crippen LogP contribution in [0.1, 0.15) is 30.4 Å². The Balaban J connectivity index is 1.30. The molecule has 3 amide bonds. The predicted molar refractivity (Wildman–Crippen MR) is 114 cm³/mol. The number of nitrogens with zero attached hydrogens (tertiary/aromatic N) is 2. The molecule has 0 aromatic heterocycles. The summed E-state index contributed by atoms with van der Waals surface area (Å²) in [6.45, 7) is 1.30. The van der Waals surface area contributed by atoms with Crippen LogP contribution in [-0.2, 0) is 27.4 Å². The third-order valence-corrected chi connectivity index (χ3v) is 5.76. The van der Waals surface area contributed by atoms with Crippen LogP contribution in [0.25, 0.3) is 0 Å². The summed E-state index contributed by atoms with van der Waals surface area (Å²) in [5.41, 5.74) is 2.05. The molecule has 0 unspecified atom stereocenters. The SMILES string of the molecule is COc1ccc(CCC(=O)N2CC(N3C(=O)CCC3=O)C2)cc1OCc1ccccc1. The average molecular weight is 422 g/mol. The summed E-state index contributed by atoms with van der Waals surface area (Å²) in [6.07, 6.45) is 1.51. The van der Waals surface area contributed by atoms with E-state index in [1.54, 1.807) is 12.0 Å². The third kappa shape index (κ3) is 4.71. The maximum atomic E-state index is 12.5. The zero-order valence-corrected chi connectivity index (χ0v) is 17.6. The van der Waals surface area contributed by atoms with Crippen molar-refractivity contribution in [2.45, 2.75) is 38.3 Å². The Labute approximate surface area is 181 Å². The number of carbonyl (C=O) groups excluding carboxylic acids is 3. The lowest BCUT2D eigenvalue weighted by Crippen LogP contribution is -2.62. The molecule has 0 aliphatic carbocycles. The summed E-state index contributed by atoms with van der Waals surface area (Å²) in [7, 11) is 1.60. The third-order valence-electron chi connectivity index (χ3n) is 5.76. The minimum absolute atomic E-state index is 0.0258. The second-order valence-corrected chi connectivity index (χ2v) is 7.87. The van der Waals surface area contributed by atoms with E-state index in [2.05, 4.69) is 0 Å². The van der Waals surface area contributed by atoms with Crippen LogP contribution in [0, 0.1) is 0 Å². The molecule has 2 aromatic carbocycles. The smallest absolute Gasteiger partial charge is 0.230 e. The molecule has 162 valence electrons. The van der Waals surface area contributed by atoms with Gasteiger partial charge in [-0.15, -0.1) is 0 Å². The van der Waals surface area contributed by atoms with Crippen molar-refractivity contribution < 1.29 is 23.9 Å². The quantitative estimate of drug-likeness (QED) is 0.611. The van der Waals surface area contributed by atoms with Crippen LogP contribution in [-0.4, -0.2) is 53.8 Å². The van der Waals surface area contributed by atoms with Crippen molar-refractivity contribution in [1.82, 2.24) is 9.80 Å². The molecule has 2 aliphatic rings. The van der Waals surface area contributed by atoms with Gasteiger partial charge in [0.25, 0.3) is 0 Å². The van der Waals surface area contributed by atoms with Gasteiger partial charge in [0.15, 0.2) is 11.5 Å². The predicted octanol–water partition coefficient (Wildman–Crippen LogP) is 2.57. The van der Waals surface area contributed by atoms with Crippen molar-refractivity contribution in [2.24, 2.45) is 0 Å². The van der Waals surface area contributed by atoms with Crippen molar-refractivity contribution >= 4 is 17.7 Å². The van der Waals surface area contributed by atoms with Gasteiger partial charge in [0.1, 0.15) is 6.61 Å². The fourth-order valence-electron chi connectivity index (χ4n) is 3.96. The molecular weight excluding hydrogens is 396 g/mol. The first-order chi connectivity index (χ1) is 15.0. The number of hydrogen-bond donors (Lipinski definition) is 0. The molecule has 4 rings (SSSR count). The zero-order chi connectivity index (χ0) is 21.8. The van der Waals surface area contributed by atoms with Crippen molar-refractivity contribution in [1.29, 1.82) is 0 Å². The topological polar surface area (TPSA) is 76.2 Å². The maximum absolute atomic E-state index is 12.5. The number of carbonyl (C=O) groups is 3. The van der Waals surface area contributed by atoms with E-state index < -0.39 is 0 Å². The Kier molecular flexibility index (Phi) is 6.21. The standard InChI is InChI=1S/C24H26N2O5/c1-30-20-9-7-17(13-21(20)31-16-18-5-3-2-4-6-18)8-10-22(27)25-14-19(15-25)26-23(28)11-12-24(26)29/h2-7,9,13,19H,8,10-12,14-16H2,1H3. The van der Waals surface area contributed by atoms with Gasteiger partial charge in [-0.3, -0.25) is 19.3 Å². The Morgan fingerprint density at radius 2 is 1.68 bits per heavy atom. The summed E-state index contributed by atoms with van der Waals surface area (Å²) in [5.74, 6) is 1.08. The monoisotopic (exact) mass is 422 g/mol. The van der Waals surface area contributed by atoms with E-state index >= 15 is 0 Å². The van der Waals surface area contributed by atoms with Crippen molar-refractivity contribution in [3.63, 3.8) is 0 Å². The molecule has 31 heavy (non-hydrogen) atoms. The van der Waals surface area contributed by atoms with Gasteiger partial charge < -0.3 is 14.4 Å². The van der Waals surface area contributed by atoms with E-state index in [0.717, 1.165) is 11.1 Å². The van der Waals surface area contributed by atoms with Gasteiger partial charge in [0, 0.05) is 32.4 Å². The molecule has 7 heteroatoms. The largest absolute Gasteiger partial charge is 0.493 e. The average Bonchev–Trinajstić information content (AvgIpc) is 3.08. The van der Waals surface area contributed by atoms with E-state index in [1.165, 1.54) is 4.90 Å². The molecule has 0 atom stereocenters. The van der Waals surface area contributed by atoms with Crippen LogP contribution in [0.2, 0.25) is 0 Å². The number of ether oxygens (including phenoxy) is 2. The minimum Gasteiger partial charge on any atom is -0.493 e. The maximum Gasteiger partial charge on any atom is 0.230 e. The van der Waals surface area contributed by atoms with Crippen molar-refractivity contribution in [3.8, 4) is 11.5 Å². The summed E-state index contributed by atoms with van der Waals surface area (Å²) in [4.78, 5) is 39.2. The second kappa shape index (κ2) is 9.20. The van der Waals surface area contributed by atoms with Crippen LogP contribution < -0.4 is 9.47 Å². The Bertz CT molecular complexity index is 953. The molecule has 2 aromatic rings. The number of hydrogen-bond acceptors (Lipinski definition) is 5. The molecule has 2 aliphatic heterocycles. The van der Waals surface area contributed by atoms with Crippen LogP contribution in [0.15, 0.2) is 48.5 Å². The first kappa shape index (κ1) is 20.9. The van der Waals surface area contributed by atoms with Crippen LogP contribution in [0.4, 0.5) is 0 Å². The normalized spacial score (nSPS) is 16.4. The van der Waals surface area contributed by atoms with Gasteiger partial charge in [-0.25, -0.2) is 0 Å². The number of likely N-dealkylation sites (tertiary alicyclic amines) is 2. The highest BCUT2D eigenvalue weighted by Crippen LogP contribution is 2.30. The van der Waals surface area contributed by atoms with Crippen LogP contribution in [0.3, 0.4) is 0 Å². The van der Waals surface area contributed by atoms with E-state index in [4.69, 9.17) is 9.47 Å². The van der Waals surface area contributed by atoms with Crippen LogP contribution in [0.5, 0.6) is 11.5 Å². The highest BCUT2D eigenvalue weighted by atomic mass is 16.5. The highest BCUT2D eigenvalue weighted by molar-refractivity contribution is 6.02. The Morgan fingerprint density at radius 1 is 0.968 bits per heavy atom. The first-order valence-corrected chi connectivity index (χ1v) is 10.5. The number of aryl methyl sites for hydroxylation is 1. The molecule has 2 heterocycles. The summed E-state index contributed by atoms with van der Waals surface area (Å²) in [5, 5.41) is 0. The van der Waals surface area contributed by atoms with Gasteiger partial charge in [0.2, 0.25) is 17.7 Å². The number of benzene rings is 2. The summed E-state index contributed by atoms with van der Waals surface area (Å²) in [6, 6.07) is 15.4. The number of amides is 3. The lowest BCUT2D eigenvalue weighted by Gasteiger charge is -2.43. The van der Waals surface area contributed by atoms with Gasteiger partial charge in [0.05, 0.1) is 13.2 Å². The van der Waals surface area contributed by atoms with E-state index in [9.17, 15) is 14.4 Å². The van der Waals surface area contributed by atoms with Gasteiger partial charge >= 0.3 is 0 Å². The number of rotatable bonds is 8. The second-order valence-electron chi connectivity index (χ2n) is 7.87. The molecule has 2 saturated heterocycles. The Hall–Kier alpha value is -3.35. The zero-order valence-electron chi connectivity index (χ0n) is 17.6. The minimum atomic E-state index is -0.162. The number of methoxy groups -OCH3 is 1. The first-order valence-electron chi connectivity index (χ1n) is 10.5. The van der Waals surface area contributed by atoms with Gasteiger partial charge in [-0.1, -0.05) is 36.4 Å². The molecule has 0 spiro atoms. The lowest BCUT2D eigenvalue weighted by molar-refractivity contribution is -0.151. The lowest BCUT2D eigenvalue weighted by atomic mass is 10.0. The molecule has 2 fully saturated rings. The van der Waals surface area contributed by atoms with Crippen LogP contribution >= 0.6 is 0 Å². The van der Waals surface area contributed by atoms with E-state index in [0.29, 0.717) is 44.0 Å². The molecule has 0 radical (unpaired) electrons. The van der Waals surface area contributed by atoms with Gasteiger partial charge in [-0.05, 0) is 29.7 Å². The summed E-state index contributed by atoms with van der Waals surface area (Å²) < 4.78 is 11.3. The highest BCUT2D eigenvalue weighted by Gasteiger charge is 2.42. The fourth-order valence-corrected chi connectivity index (χ4v) is 3.96. The molecular formula is C24H26N2O5. The van der Waals surface area contributed by atoms with Crippen molar-refractivity contribution in [3.05, 3.63) is 59.7 Å². The molecule has 0 bridgehead atoms. The summed E-state index contributed by atoms with van der Waals surface area (Å²) >= 11 is 0. The number of imide groups is 1. The van der Waals surface area contributed by atoms with Gasteiger partial charge in [-0.2, -0.15) is 0 Å². The molecule has 7 nitrogen and oxygen atoms in total.